The van der Waals surface area contributed by atoms with Crippen LogP contribution in [0.1, 0.15) is 59.8 Å². The number of hydrogen-bond donors (Lipinski definition) is 3. The number of thioether (sulfide) groups is 1. The molecule has 3 saturated carbocycles. The first-order chi connectivity index (χ1) is 17.9. The van der Waals surface area contributed by atoms with E-state index in [-0.39, 0.29) is 46.9 Å². The quantitative estimate of drug-likeness (QED) is 0.185. The fraction of sp³-hybridized carbons (Fsp3) is 0.724. The van der Waals surface area contributed by atoms with E-state index in [4.69, 9.17) is 4.74 Å². The second-order valence-corrected chi connectivity index (χ2v) is 13.2. The Kier molecular flexibility index (Phi) is 7.94. The van der Waals surface area contributed by atoms with Crippen molar-refractivity contribution in [2.45, 2.75) is 72.0 Å². The van der Waals surface area contributed by atoms with E-state index in [0.717, 1.165) is 25.0 Å². The molecule has 3 aliphatic rings. The van der Waals surface area contributed by atoms with Crippen LogP contribution in [0.15, 0.2) is 22.2 Å². The van der Waals surface area contributed by atoms with Crippen molar-refractivity contribution in [1.29, 1.82) is 0 Å². The van der Waals surface area contributed by atoms with Gasteiger partial charge in [0.25, 0.3) is 10.9 Å². The Morgan fingerprint density at radius 1 is 1.16 bits per heavy atom. The number of carbonyl (C=O) groups is 2. The highest BCUT2D eigenvalue weighted by atomic mass is 32.2. The SMILES string of the molecule is C=C[C@]1(C)C[C@@H](OC(=O)CNc2c(NCCSC)c(=O)c2=O)[C@]2(C)[C@H](C)CC[C@]3(CCC(=O)[C@H]32)[C@@H](C)[C@@H]1O. The molecule has 0 aliphatic heterocycles. The number of Topliss-reactive ketones (excluding diaryl/α,β-unsaturated/α-hetero) is 1. The minimum absolute atomic E-state index is 0.0989. The van der Waals surface area contributed by atoms with Gasteiger partial charge in [-0.3, -0.25) is 19.2 Å². The van der Waals surface area contributed by atoms with Crippen molar-refractivity contribution in [2.75, 3.05) is 35.7 Å². The monoisotopic (exact) mass is 546 g/mol. The van der Waals surface area contributed by atoms with Gasteiger partial charge in [-0.2, -0.15) is 11.8 Å². The van der Waals surface area contributed by atoms with Gasteiger partial charge in [-0.25, -0.2) is 0 Å². The lowest BCUT2D eigenvalue weighted by Gasteiger charge is -2.61. The van der Waals surface area contributed by atoms with Crippen LogP contribution in [0.2, 0.25) is 0 Å². The normalized spacial score (nSPS) is 38.7. The van der Waals surface area contributed by atoms with Crippen LogP contribution in [-0.2, 0) is 14.3 Å². The van der Waals surface area contributed by atoms with Crippen molar-refractivity contribution in [2.24, 2.45) is 34.0 Å². The minimum Gasteiger partial charge on any atom is -0.460 e. The van der Waals surface area contributed by atoms with Crippen LogP contribution in [0.5, 0.6) is 0 Å². The summed E-state index contributed by atoms with van der Waals surface area (Å²) in [5, 5.41) is 17.4. The molecule has 0 heterocycles. The Morgan fingerprint density at radius 3 is 2.45 bits per heavy atom. The fourth-order valence-corrected chi connectivity index (χ4v) is 8.18. The van der Waals surface area contributed by atoms with Crippen molar-refractivity contribution < 1.29 is 19.4 Å². The molecule has 210 valence electrons. The zero-order chi connectivity index (χ0) is 28.0. The molecule has 0 saturated heterocycles. The molecule has 0 unspecified atom stereocenters. The summed E-state index contributed by atoms with van der Waals surface area (Å²) >= 11 is 1.61. The maximum Gasteiger partial charge on any atom is 0.325 e. The van der Waals surface area contributed by atoms with Gasteiger partial charge in [-0.05, 0) is 49.2 Å². The topological polar surface area (TPSA) is 122 Å². The molecule has 3 fully saturated rings. The maximum absolute atomic E-state index is 13.5. The number of rotatable bonds is 9. The average molecular weight is 547 g/mol. The Bertz CT molecular complexity index is 1180. The zero-order valence-electron chi connectivity index (χ0n) is 23.2. The molecule has 1 aromatic rings. The Labute approximate surface area is 229 Å². The third-order valence-corrected chi connectivity index (χ3v) is 11.1. The Balaban J connectivity index is 1.61. The van der Waals surface area contributed by atoms with Gasteiger partial charge in [-0.15, -0.1) is 6.58 Å². The number of ketones is 1. The number of esters is 1. The lowest BCUT2D eigenvalue weighted by atomic mass is 9.44. The van der Waals surface area contributed by atoms with Crippen molar-refractivity contribution in [3.63, 3.8) is 0 Å². The van der Waals surface area contributed by atoms with Gasteiger partial charge in [0, 0.05) is 35.5 Å². The predicted octanol–water partition coefficient (Wildman–Crippen LogP) is 3.38. The molecule has 0 radical (unpaired) electrons. The first-order valence-corrected chi connectivity index (χ1v) is 15.1. The lowest BCUT2D eigenvalue weighted by Crippen LogP contribution is -2.63. The van der Waals surface area contributed by atoms with Gasteiger partial charge in [0.05, 0.1) is 6.10 Å². The largest absolute Gasteiger partial charge is 0.460 e. The van der Waals surface area contributed by atoms with Crippen molar-refractivity contribution in [3.05, 3.63) is 33.1 Å². The summed E-state index contributed by atoms with van der Waals surface area (Å²) in [5.74, 6) is 0.132. The van der Waals surface area contributed by atoms with Gasteiger partial charge in [-0.1, -0.05) is 33.8 Å². The molecule has 1 aromatic carbocycles. The molecule has 0 amide bonds. The van der Waals surface area contributed by atoms with Crippen molar-refractivity contribution in [1.82, 2.24) is 0 Å². The van der Waals surface area contributed by atoms with Crippen molar-refractivity contribution in [3.8, 4) is 0 Å². The summed E-state index contributed by atoms with van der Waals surface area (Å²) in [7, 11) is 0. The molecule has 0 spiro atoms. The Hall–Kier alpha value is -2.13. The van der Waals surface area contributed by atoms with Gasteiger partial charge < -0.3 is 20.5 Å². The number of ether oxygens (including phenoxy) is 1. The standard InChI is InChI=1S/C29H42N2O6S/c1-7-27(4)14-19(37-20(33)15-31-22-21(23(34)24(22)35)30-12-13-38-6)28(5)16(2)8-10-29(17(3)26(27)36)11-9-18(32)25(28)29/h7,16-17,19,25-26,30-31,36H,1,8-15H2,2-6H3/t16-,17+,19-,25+,26+,27-,28+,29+/m1/s1. The zero-order valence-corrected chi connectivity index (χ0v) is 24.0. The summed E-state index contributed by atoms with van der Waals surface area (Å²) < 4.78 is 6.18. The lowest BCUT2D eigenvalue weighted by molar-refractivity contribution is -0.205. The predicted molar refractivity (Wildman–Crippen MR) is 151 cm³/mol. The van der Waals surface area contributed by atoms with E-state index >= 15 is 0 Å². The molecule has 0 aromatic heterocycles. The smallest absolute Gasteiger partial charge is 0.325 e. The molecular formula is C29H42N2O6S. The molecule has 8 nitrogen and oxygen atoms in total. The summed E-state index contributed by atoms with van der Waals surface area (Å²) in [6.07, 6.45) is 5.67. The fourth-order valence-electron chi connectivity index (χ4n) is 7.87. The number of anilines is 2. The van der Waals surface area contributed by atoms with E-state index in [1.807, 2.05) is 13.2 Å². The Morgan fingerprint density at radius 2 is 1.82 bits per heavy atom. The van der Waals surface area contributed by atoms with Crippen LogP contribution in [0.4, 0.5) is 11.4 Å². The third kappa shape index (κ3) is 4.34. The highest BCUT2D eigenvalue weighted by Crippen LogP contribution is 2.67. The summed E-state index contributed by atoms with van der Waals surface area (Å²) in [5.41, 5.74) is -2.60. The number of nitrogens with one attached hydrogen (secondary N) is 2. The molecule has 2 bridgehead atoms. The molecular weight excluding hydrogens is 504 g/mol. The van der Waals surface area contributed by atoms with Crippen LogP contribution in [-0.4, -0.2) is 54.2 Å². The van der Waals surface area contributed by atoms with E-state index in [0.29, 0.717) is 19.4 Å². The second-order valence-electron chi connectivity index (χ2n) is 12.2. The van der Waals surface area contributed by atoms with E-state index in [1.165, 1.54) is 0 Å². The maximum atomic E-state index is 13.5. The van der Waals surface area contributed by atoms with E-state index in [2.05, 4.69) is 38.0 Å². The second kappa shape index (κ2) is 10.5. The molecule has 8 atom stereocenters. The molecule has 3 aliphatic carbocycles. The first kappa shape index (κ1) is 28.9. The van der Waals surface area contributed by atoms with E-state index in [1.54, 1.807) is 17.8 Å². The van der Waals surface area contributed by atoms with Crippen LogP contribution < -0.4 is 21.5 Å². The molecule has 9 heteroatoms. The van der Waals surface area contributed by atoms with E-state index in [9.17, 15) is 24.3 Å². The average Bonchev–Trinajstić information content (AvgIpc) is 3.25. The number of carbonyl (C=O) groups excluding carboxylic acids is 2. The molecule has 4 rings (SSSR count). The summed E-state index contributed by atoms with van der Waals surface area (Å²) in [6, 6.07) is 0. The first-order valence-electron chi connectivity index (χ1n) is 13.7. The molecule has 3 N–H and O–H groups in total. The highest BCUT2D eigenvalue weighted by Gasteiger charge is 2.68. The van der Waals surface area contributed by atoms with Crippen LogP contribution >= 0.6 is 11.8 Å². The van der Waals surface area contributed by atoms with Gasteiger partial charge in [0.15, 0.2) is 0 Å². The van der Waals surface area contributed by atoms with Gasteiger partial charge in [0.1, 0.15) is 29.8 Å². The summed E-state index contributed by atoms with van der Waals surface area (Å²) in [6.45, 7) is 12.5. The third-order valence-electron chi connectivity index (χ3n) is 10.5. The van der Waals surface area contributed by atoms with Gasteiger partial charge in [0.2, 0.25) is 0 Å². The molecule has 38 heavy (non-hydrogen) atoms. The summed E-state index contributed by atoms with van der Waals surface area (Å²) in [4.78, 5) is 50.8. The van der Waals surface area contributed by atoms with E-state index < -0.39 is 39.9 Å². The van der Waals surface area contributed by atoms with Gasteiger partial charge >= 0.3 is 5.97 Å². The van der Waals surface area contributed by atoms with Crippen molar-refractivity contribution >= 4 is 34.9 Å². The van der Waals surface area contributed by atoms with Crippen LogP contribution in [0, 0.1) is 34.0 Å². The highest BCUT2D eigenvalue weighted by molar-refractivity contribution is 7.98. The number of aliphatic hydroxyl groups is 1. The number of hydrogen-bond acceptors (Lipinski definition) is 9. The minimum atomic E-state index is -0.732. The van der Waals surface area contributed by atoms with Crippen LogP contribution in [0.25, 0.3) is 0 Å². The number of aliphatic hydroxyl groups excluding tert-OH is 1. The van der Waals surface area contributed by atoms with Crippen LogP contribution in [0.3, 0.4) is 0 Å².